The standard InChI is InChI=1S/C21H18FN5O/c22-17-9-24-21(25-16-5-6-16)26-20(17)18-10-23-19-7-4-15(11-27(18)19)14-3-1-2-13(8-14)12-28/h1-4,7-11,16,28H,5-6,12H2,(H,24,25,26). The van der Waals surface area contributed by atoms with Gasteiger partial charge in [0.05, 0.1) is 24.7 Å². The molecule has 1 fully saturated rings. The number of aromatic nitrogens is 4. The molecule has 1 aliphatic carbocycles. The molecule has 1 saturated carbocycles. The summed E-state index contributed by atoms with van der Waals surface area (Å²) in [5.41, 5.74) is 4.22. The molecule has 0 bridgehead atoms. The summed E-state index contributed by atoms with van der Waals surface area (Å²) in [6.45, 7) is -0.0185. The first kappa shape index (κ1) is 16.8. The van der Waals surface area contributed by atoms with Gasteiger partial charge in [-0.25, -0.2) is 19.3 Å². The number of halogens is 1. The van der Waals surface area contributed by atoms with Gasteiger partial charge in [-0.05, 0) is 47.7 Å². The third-order valence-corrected chi connectivity index (χ3v) is 4.85. The molecule has 0 atom stereocenters. The Labute approximate surface area is 160 Å². The van der Waals surface area contributed by atoms with E-state index in [0.717, 1.165) is 29.5 Å². The quantitative estimate of drug-likeness (QED) is 0.557. The zero-order valence-electron chi connectivity index (χ0n) is 15.0. The maximum absolute atomic E-state index is 14.5. The van der Waals surface area contributed by atoms with Crippen molar-refractivity contribution >= 4 is 11.6 Å². The van der Waals surface area contributed by atoms with Crippen LogP contribution < -0.4 is 5.32 Å². The van der Waals surface area contributed by atoms with Crippen LogP contribution in [0.3, 0.4) is 0 Å². The molecule has 0 unspecified atom stereocenters. The molecule has 3 aromatic heterocycles. The number of aliphatic hydroxyl groups is 1. The summed E-state index contributed by atoms with van der Waals surface area (Å²) in [5.74, 6) is -0.0588. The van der Waals surface area contributed by atoms with Crippen LogP contribution in [0.2, 0.25) is 0 Å². The molecule has 0 radical (unpaired) electrons. The molecule has 0 aliphatic heterocycles. The summed E-state index contributed by atoms with van der Waals surface area (Å²) in [7, 11) is 0. The minimum Gasteiger partial charge on any atom is -0.392 e. The first-order chi connectivity index (χ1) is 13.7. The van der Waals surface area contributed by atoms with Crippen molar-refractivity contribution in [1.29, 1.82) is 0 Å². The summed E-state index contributed by atoms with van der Waals surface area (Å²) >= 11 is 0. The smallest absolute Gasteiger partial charge is 0.223 e. The van der Waals surface area contributed by atoms with Gasteiger partial charge in [0.25, 0.3) is 0 Å². The highest BCUT2D eigenvalue weighted by Gasteiger charge is 2.23. The van der Waals surface area contributed by atoms with Gasteiger partial charge in [0, 0.05) is 12.2 Å². The Morgan fingerprint density at radius 1 is 1.11 bits per heavy atom. The summed E-state index contributed by atoms with van der Waals surface area (Å²) in [5, 5.41) is 12.6. The van der Waals surface area contributed by atoms with Crippen molar-refractivity contribution in [3.05, 3.63) is 66.4 Å². The van der Waals surface area contributed by atoms with Gasteiger partial charge >= 0.3 is 0 Å². The lowest BCUT2D eigenvalue weighted by Crippen LogP contribution is -2.07. The fourth-order valence-corrected chi connectivity index (χ4v) is 3.20. The first-order valence-corrected chi connectivity index (χ1v) is 9.18. The molecule has 28 heavy (non-hydrogen) atoms. The lowest BCUT2D eigenvalue weighted by Gasteiger charge is -2.08. The molecule has 0 spiro atoms. The van der Waals surface area contributed by atoms with E-state index in [2.05, 4.69) is 20.3 Å². The van der Waals surface area contributed by atoms with Gasteiger partial charge in [-0.2, -0.15) is 0 Å². The van der Waals surface area contributed by atoms with E-state index < -0.39 is 5.82 Å². The Balaban J connectivity index is 1.60. The van der Waals surface area contributed by atoms with Gasteiger partial charge in [-0.15, -0.1) is 0 Å². The van der Waals surface area contributed by atoms with Crippen molar-refractivity contribution < 1.29 is 9.50 Å². The predicted octanol–water partition coefficient (Wildman–Crippen LogP) is 3.66. The molecule has 1 aromatic carbocycles. The van der Waals surface area contributed by atoms with Crippen molar-refractivity contribution in [2.45, 2.75) is 25.5 Å². The second-order valence-electron chi connectivity index (χ2n) is 6.96. The summed E-state index contributed by atoms with van der Waals surface area (Å²) in [6, 6.07) is 11.9. The van der Waals surface area contributed by atoms with Crippen molar-refractivity contribution in [3.8, 4) is 22.5 Å². The number of hydrogen-bond donors (Lipinski definition) is 2. The normalized spacial score (nSPS) is 13.8. The molecule has 0 amide bonds. The van der Waals surface area contributed by atoms with Crippen LogP contribution in [-0.2, 0) is 6.61 Å². The van der Waals surface area contributed by atoms with E-state index in [4.69, 9.17) is 0 Å². The van der Waals surface area contributed by atoms with Gasteiger partial charge in [-0.1, -0.05) is 18.2 Å². The van der Waals surface area contributed by atoms with Gasteiger partial charge in [-0.3, -0.25) is 4.40 Å². The van der Waals surface area contributed by atoms with Crippen LogP contribution in [0.1, 0.15) is 18.4 Å². The molecule has 7 heteroatoms. The van der Waals surface area contributed by atoms with Crippen LogP contribution in [0, 0.1) is 5.82 Å². The molecule has 2 N–H and O–H groups in total. The van der Waals surface area contributed by atoms with E-state index in [1.54, 1.807) is 6.20 Å². The highest BCUT2D eigenvalue weighted by molar-refractivity contribution is 5.68. The summed E-state index contributed by atoms with van der Waals surface area (Å²) in [6.07, 6.45) is 6.89. The van der Waals surface area contributed by atoms with E-state index in [9.17, 15) is 9.50 Å². The molecular formula is C21H18FN5O. The van der Waals surface area contributed by atoms with E-state index in [0.29, 0.717) is 23.3 Å². The molecule has 6 nitrogen and oxygen atoms in total. The number of anilines is 1. The van der Waals surface area contributed by atoms with Crippen molar-refractivity contribution in [1.82, 2.24) is 19.4 Å². The molecule has 4 aromatic rings. The Hall–Kier alpha value is -3.32. The van der Waals surface area contributed by atoms with Crippen LogP contribution in [0.15, 0.2) is 55.0 Å². The Morgan fingerprint density at radius 3 is 2.82 bits per heavy atom. The number of pyridine rings is 1. The van der Waals surface area contributed by atoms with Crippen molar-refractivity contribution in [3.63, 3.8) is 0 Å². The van der Waals surface area contributed by atoms with E-state index in [1.807, 2.05) is 47.0 Å². The average Bonchev–Trinajstić information content (AvgIpc) is 3.45. The predicted molar refractivity (Wildman–Crippen MR) is 104 cm³/mol. The van der Waals surface area contributed by atoms with Crippen molar-refractivity contribution in [2.75, 3.05) is 5.32 Å². The number of imidazole rings is 1. The molecule has 140 valence electrons. The number of nitrogens with one attached hydrogen (secondary N) is 1. The minimum absolute atomic E-state index is 0.0185. The maximum atomic E-state index is 14.5. The fourth-order valence-electron chi connectivity index (χ4n) is 3.20. The topological polar surface area (TPSA) is 75.3 Å². The summed E-state index contributed by atoms with van der Waals surface area (Å²) in [4.78, 5) is 12.8. The van der Waals surface area contributed by atoms with Crippen LogP contribution in [0.25, 0.3) is 28.2 Å². The molecule has 3 heterocycles. The second-order valence-corrected chi connectivity index (χ2v) is 6.96. The second kappa shape index (κ2) is 6.69. The van der Waals surface area contributed by atoms with Gasteiger partial charge in [0.15, 0.2) is 5.82 Å². The van der Waals surface area contributed by atoms with Gasteiger partial charge in [0.1, 0.15) is 11.3 Å². The Morgan fingerprint density at radius 2 is 2.00 bits per heavy atom. The average molecular weight is 375 g/mol. The van der Waals surface area contributed by atoms with E-state index in [1.165, 1.54) is 6.20 Å². The van der Waals surface area contributed by atoms with E-state index in [-0.39, 0.29) is 12.3 Å². The van der Waals surface area contributed by atoms with Crippen LogP contribution >= 0.6 is 0 Å². The maximum Gasteiger partial charge on any atom is 0.223 e. The SMILES string of the molecule is OCc1cccc(-c2ccc3ncc(-c4nc(NC5CC5)ncc4F)n3c2)c1. The fraction of sp³-hybridized carbons (Fsp3) is 0.190. The third kappa shape index (κ3) is 3.10. The summed E-state index contributed by atoms with van der Waals surface area (Å²) < 4.78 is 16.3. The zero-order valence-corrected chi connectivity index (χ0v) is 15.0. The number of benzene rings is 1. The lowest BCUT2D eigenvalue weighted by atomic mass is 10.1. The highest BCUT2D eigenvalue weighted by atomic mass is 19.1. The van der Waals surface area contributed by atoms with Crippen molar-refractivity contribution in [2.24, 2.45) is 0 Å². The van der Waals surface area contributed by atoms with Gasteiger partial charge < -0.3 is 10.4 Å². The number of nitrogens with zero attached hydrogens (tertiary/aromatic N) is 4. The molecule has 5 rings (SSSR count). The van der Waals surface area contributed by atoms with Crippen LogP contribution in [0.4, 0.5) is 10.3 Å². The minimum atomic E-state index is -0.490. The zero-order chi connectivity index (χ0) is 19.1. The van der Waals surface area contributed by atoms with Crippen LogP contribution in [0.5, 0.6) is 0 Å². The highest BCUT2D eigenvalue weighted by Crippen LogP contribution is 2.28. The number of hydrogen-bond acceptors (Lipinski definition) is 5. The van der Waals surface area contributed by atoms with E-state index >= 15 is 0 Å². The molecule has 1 aliphatic rings. The monoisotopic (exact) mass is 375 g/mol. The number of rotatable bonds is 5. The number of aliphatic hydroxyl groups excluding tert-OH is 1. The van der Waals surface area contributed by atoms with Gasteiger partial charge in [0.2, 0.25) is 5.95 Å². The number of fused-ring (bicyclic) bond motifs is 1. The largest absolute Gasteiger partial charge is 0.392 e. The van der Waals surface area contributed by atoms with Crippen LogP contribution in [-0.4, -0.2) is 30.5 Å². The Bertz CT molecular complexity index is 1170. The lowest BCUT2D eigenvalue weighted by molar-refractivity contribution is 0.282. The Kier molecular flexibility index (Phi) is 4.02. The molecule has 0 saturated heterocycles. The first-order valence-electron chi connectivity index (χ1n) is 9.18. The molecular weight excluding hydrogens is 357 g/mol. The third-order valence-electron chi connectivity index (χ3n) is 4.85.